The van der Waals surface area contributed by atoms with Crippen molar-refractivity contribution in [3.8, 4) is 0 Å². The van der Waals surface area contributed by atoms with Crippen LogP contribution in [0.5, 0.6) is 0 Å². The fraction of sp³-hybridized carbons (Fsp3) is 0.654. The van der Waals surface area contributed by atoms with Crippen molar-refractivity contribution in [1.29, 1.82) is 0 Å². The molecular weight excluding hydrogens is 360 g/mol. The van der Waals surface area contributed by atoms with Crippen LogP contribution >= 0.6 is 0 Å². The van der Waals surface area contributed by atoms with E-state index in [4.69, 9.17) is 9.47 Å². The first kappa shape index (κ1) is 27.5. The Morgan fingerprint density at radius 3 is 2.07 bits per heavy atom. The molecule has 1 saturated carbocycles. The SMILES string of the molecule is C=C.CCCC1CCCCC1CCc1ccccc1C=O.CCOC(C)OCC. The molecule has 0 spiro atoms. The Balaban J connectivity index is 0.000000664. The molecule has 1 aromatic carbocycles. The molecule has 0 aromatic heterocycles. The van der Waals surface area contributed by atoms with Gasteiger partial charge in [-0.25, -0.2) is 0 Å². The average molecular weight is 405 g/mol. The van der Waals surface area contributed by atoms with Crippen molar-refractivity contribution in [3.63, 3.8) is 0 Å². The van der Waals surface area contributed by atoms with Crippen LogP contribution in [0.3, 0.4) is 0 Å². The molecule has 29 heavy (non-hydrogen) atoms. The van der Waals surface area contributed by atoms with Crippen LogP contribution in [0.1, 0.15) is 88.6 Å². The van der Waals surface area contributed by atoms with Crippen molar-refractivity contribution in [2.45, 2.75) is 85.4 Å². The van der Waals surface area contributed by atoms with E-state index in [2.05, 4.69) is 26.1 Å². The highest BCUT2D eigenvalue weighted by Crippen LogP contribution is 2.36. The van der Waals surface area contributed by atoms with Gasteiger partial charge in [0.2, 0.25) is 0 Å². The van der Waals surface area contributed by atoms with Crippen LogP contribution in [-0.2, 0) is 15.9 Å². The molecule has 1 fully saturated rings. The number of benzene rings is 1. The summed E-state index contributed by atoms with van der Waals surface area (Å²) in [5, 5.41) is 0. The maximum Gasteiger partial charge on any atom is 0.154 e. The normalized spacial score (nSPS) is 18.2. The van der Waals surface area contributed by atoms with Crippen LogP contribution in [0.4, 0.5) is 0 Å². The van der Waals surface area contributed by atoms with E-state index in [-0.39, 0.29) is 6.29 Å². The maximum atomic E-state index is 11.0. The summed E-state index contributed by atoms with van der Waals surface area (Å²) in [6.45, 7) is 15.5. The van der Waals surface area contributed by atoms with Crippen LogP contribution in [0.2, 0.25) is 0 Å². The second kappa shape index (κ2) is 18.6. The number of aryl methyl sites for hydroxylation is 1. The molecule has 0 radical (unpaired) electrons. The smallest absolute Gasteiger partial charge is 0.154 e. The molecule has 0 N–H and O–H groups in total. The number of aldehydes is 1. The standard InChI is InChI=1S/C18H26O.C6H14O2.C2H4/c1-2-7-15-8-3-4-9-16(15)12-13-17-10-5-6-11-18(17)14-19;1-4-7-6(3)8-5-2;1-2/h5-6,10-11,14-16H,2-4,7-9,12-13H2,1H3;6H,4-5H2,1-3H3;1-2H2. The lowest BCUT2D eigenvalue weighted by Gasteiger charge is -2.31. The third-order valence-corrected chi connectivity index (χ3v) is 5.50. The van der Waals surface area contributed by atoms with Gasteiger partial charge < -0.3 is 9.47 Å². The predicted octanol–water partition coefficient (Wildman–Crippen LogP) is 7.25. The number of hydrogen-bond acceptors (Lipinski definition) is 3. The van der Waals surface area contributed by atoms with Gasteiger partial charge in [0.15, 0.2) is 6.29 Å². The van der Waals surface area contributed by atoms with Crippen LogP contribution in [0.25, 0.3) is 0 Å². The Kier molecular flexibility index (Phi) is 17.6. The Morgan fingerprint density at radius 2 is 1.55 bits per heavy atom. The molecule has 1 aromatic rings. The van der Waals surface area contributed by atoms with Gasteiger partial charge in [0.05, 0.1) is 0 Å². The van der Waals surface area contributed by atoms with Crippen molar-refractivity contribution in [3.05, 3.63) is 48.6 Å². The molecule has 3 nitrogen and oxygen atoms in total. The number of carbonyl (C=O) groups is 1. The number of ether oxygens (including phenoxy) is 2. The van der Waals surface area contributed by atoms with Crippen molar-refractivity contribution >= 4 is 6.29 Å². The minimum absolute atomic E-state index is 0.0370. The van der Waals surface area contributed by atoms with E-state index in [1.54, 1.807) is 0 Å². The summed E-state index contributed by atoms with van der Waals surface area (Å²) in [7, 11) is 0. The lowest BCUT2D eigenvalue weighted by Crippen LogP contribution is -2.20. The van der Waals surface area contributed by atoms with Gasteiger partial charge in [-0.2, -0.15) is 0 Å². The van der Waals surface area contributed by atoms with E-state index in [0.29, 0.717) is 0 Å². The van der Waals surface area contributed by atoms with Crippen LogP contribution in [0.15, 0.2) is 37.4 Å². The number of carbonyl (C=O) groups excluding carboxylic acids is 1. The fourth-order valence-corrected chi connectivity index (χ4v) is 4.15. The number of hydrogen-bond donors (Lipinski definition) is 0. The molecule has 3 heteroatoms. The Labute approximate surface area is 179 Å². The van der Waals surface area contributed by atoms with E-state index in [0.717, 1.165) is 43.3 Å². The van der Waals surface area contributed by atoms with Gasteiger partial charge in [-0.1, -0.05) is 69.7 Å². The van der Waals surface area contributed by atoms with Crippen molar-refractivity contribution in [1.82, 2.24) is 0 Å². The minimum atomic E-state index is -0.0370. The van der Waals surface area contributed by atoms with Gasteiger partial charge in [0, 0.05) is 18.8 Å². The second-order valence-corrected chi connectivity index (χ2v) is 7.43. The molecule has 0 saturated heterocycles. The third kappa shape index (κ3) is 12.0. The summed E-state index contributed by atoms with van der Waals surface area (Å²) in [6, 6.07) is 8.05. The van der Waals surface area contributed by atoms with Gasteiger partial charge in [0.1, 0.15) is 6.29 Å². The summed E-state index contributed by atoms with van der Waals surface area (Å²) in [5.41, 5.74) is 2.11. The summed E-state index contributed by atoms with van der Waals surface area (Å²) < 4.78 is 10.1. The largest absolute Gasteiger partial charge is 0.353 e. The highest BCUT2D eigenvalue weighted by atomic mass is 16.7. The molecule has 0 aliphatic heterocycles. The van der Waals surface area contributed by atoms with E-state index in [1.807, 2.05) is 39.0 Å². The Morgan fingerprint density at radius 1 is 1.00 bits per heavy atom. The molecule has 0 heterocycles. The lowest BCUT2D eigenvalue weighted by atomic mass is 9.74. The first-order chi connectivity index (χ1) is 14.2. The van der Waals surface area contributed by atoms with Gasteiger partial charge in [0.25, 0.3) is 0 Å². The highest BCUT2D eigenvalue weighted by molar-refractivity contribution is 5.77. The van der Waals surface area contributed by atoms with Crippen molar-refractivity contribution in [2.75, 3.05) is 13.2 Å². The van der Waals surface area contributed by atoms with Crippen molar-refractivity contribution in [2.24, 2.45) is 11.8 Å². The zero-order valence-corrected chi connectivity index (χ0v) is 19.3. The summed E-state index contributed by atoms with van der Waals surface area (Å²) in [5.74, 6) is 1.82. The van der Waals surface area contributed by atoms with E-state index in [9.17, 15) is 4.79 Å². The van der Waals surface area contributed by atoms with Crippen LogP contribution in [0, 0.1) is 11.8 Å². The summed E-state index contributed by atoms with van der Waals surface area (Å²) in [6.07, 6.45) is 11.6. The Hall–Kier alpha value is -1.45. The van der Waals surface area contributed by atoms with Gasteiger partial charge in [-0.3, -0.25) is 4.79 Å². The molecule has 166 valence electrons. The predicted molar refractivity (Wildman–Crippen MR) is 124 cm³/mol. The second-order valence-electron chi connectivity index (χ2n) is 7.43. The number of rotatable bonds is 10. The molecular formula is C26H44O3. The van der Waals surface area contributed by atoms with Gasteiger partial charge >= 0.3 is 0 Å². The van der Waals surface area contributed by atoms with Crippen LogP contribution in [-0.4, -0.2) is 25.8 Å². The molecule has 1 aliphatic rings. The minimum Gasteiger partial charge on any atom is -0.353 e. The van der Waals surface area contributed by atoms with Crippen LogP contribution < -0.4 is 0 Å². The fourth-order valence-electron chi connectivity index (χ4n) is 4.15. The monoisotopic (exact) mass is 404 g/mol. The zero-order valence-electron chi connectivity index (χ0n) is 19.3. The Bertz CT molecular complexity index is 506. The summed E-state index contributed by atoms with van der Waals surface area (Å²) >= 11 is 0. The van der Waals surface area contributed by atoms with Gasteiger partial charge in [-0.05, 0) is 51.0 Å². The highest BCUT2D eigenvalue weighted by Gasteiger charge is 2.24. The average Bonchev–Trinajstić information content (AvgIpc) is 2.76. The molecule has 2 unspecified atom stereocenters. The maximum absolute atomic E-state index is 11.0. The van der Waals surface area contributed by atoms with E-state index < -0.39 is 0 Å². The topological polar surface area (TPSA) is 35.5 Å². The zero-order chi connectivity index (χ0) is 21.9. The molecule has 0 amide bonds. The van der Waals surface area contributed by atoms with Crippen molar-refractivity contribution < 1.29 is 14.3 Å². The molecule has 1 aliphatic carbocycles. The van der Waals surface area contributed by atoms with Gasteiger partial charge in [-0.15, -0.1) is 13.2 Å². The summed E-state index contributed by atoms with van der Waals surface area (Å²) in [4.78, 5) is 11.0. The lowest BCUT2D eigenvalue weighted by molar-refractivity contribution is -0.123. The van der Waals surface area contributed by atoms with E-state index in [1.165, 1.54) is 50.5 Å². The quantitative estimate of drug-likeness (QED) is 0.234. The first-order valence-corrected chi connectivity index (χ1v) is 11.4. The molecule has 2 atom stereocenters. The molecule has 2 rings (SSSR count). The third-order valence-electron chi connectivity index (χ3n) is 5.50. The molecule has 0 bridgehead atoms. The van der Waals surface area contributed by atoms with E-state index >= 15 is 0 Å². The first-order valence-electron chi connectivity index (χ1n) is 11.4.